The zero-order valence-electron chi connectivity index (χ0n) is 15.1. The average molecular weight is 418 g/mol. The zero-order chi connectivity index (χ0) is 20.3. The van der Waals surface area contributed by atoms with Crippen molar-refractivity contribution in [3.8, 4) is 11.5 Å². The summed E-state index contributed by atoms with van der Waals surface area (Å²) in [5.41, 5.74) is 0.716. The van der Waals surface area contributed by atoms with Crippen molar-refractivity contribution in [3.05, 3.63) is 64.9 Å². The number of carbonyl (C=O) groups excluding carboxylic acids is 1. The van der Waals surface area contributed by atoms with Gasteiger partial charge in [0, 0.05) is 12.4 Å². The molecule has 146 valence electrons. The molecule has 2 N–H and O–H groups in total. The molecule has 2 aromatic carbocycles. The molecule has 0 fully saturated rings. The van der Waals surface area contributed by atoms with Gasteiger partial charge in [0.15, 0.2) is 0 Å². The molecule has 0 bridgehead atoms. The molecule has 0 aliphatic heterocycles. The van der Waals surface area contributed by atoms with Crippen LogP contribution in [0.1, 0.15) is 9.67 Å². The SMILES string of the molecule is COc1ccc(N(C)S(=O)(=O)c2csc(C(=O)Nc3ccccc3O)c2)cc1. The Balaban J connectivity index is 1.81. The van der Waals surface area contributed by atoms with Crippen LogP contribution >= 0.6 is 11.3 Å². The van der Waals surface area contributed by atoms with Crippen LogP contribution in [0, 0.1) is 0 Å². The Kier molecular flexibility index (Phi) is 5.57. The summed E-state index contributed by atoms with van der Waals surface area (Å²) in [5.74, 6) is 0.0488. The Hall–Kier alpha value is -3.04. The van der Waals surface area contributed by atoms with Gasteiger partial charge in [-0.25, -0.2) is 8.42 Å². The van der Waals surface area contributed by atoms with Gasteiger partial charge in [0.25, 0.3) is 15.9 Å². The Labute approximate surface area is 166 Å². The lowest BCUT2D eigenvalue weighted by Gasteiger charge is -2.18. The number of sulfonamides is 1. The second-order valence-electron chi connectivity index (χ2n) is 5.79. The molecule has 0 spiro atoms. The van der Waals surface area contributed by atoms with Gasteiger partial charge in [0.1, 0.15) is 11.5 Å². The Morgan fingerprint density at radius 1 is 1.14 bits per heavy atom. The van der Waals surface area contributed by atoms with Crippen LogP contribution in [0.5, 0.6) is 11.5 Å². The molecule has 1 amide bonds. The Morgan fingerprint density at radius 3 is 2.46 bits per heavy atom. The summed E-state index contributed by atoms with van der Waals surface area (Å²) in [6.07, 6.45) is 0. The van der Waals surface area contributed by atoms with Crippen LogP contribution in [0.25, 0.3) is 0 Å². The third-order valence-electron chi connectivity index (χ3n) is 4.05. The number of rotatable bonds is 6. The number of benzene rings is 2. The fraction of sp³-hybridized carbons (Fsp3) is 0.105. The Bertz CT molecular complexity index is 1090. The number of nitrogens with one attached hydrogen (secondary N) is 1. The number of ether oxygens (including phenoxy) is 1. The van der Waals surface area contributed by atoms with Crippen molar-refractivity contribution in [2.24, 2.45) is 0 Å². The highest BCUT2D eigenvalue weighted by molar-refractivity contribution is 7.93. The van der Waals surface area contributed by atoms with Gasteiger partial charge >= 0.3 is 0 Å². The fourth-order valence-corrected chi connectivity index (χ4v) is 4.78. The lowest BCUT2D eigenvalue weighted by atomic mass is 10.3. The number of nitrogens with zero attached hydrogens (tertiary/aromatic N) is 1. The van der Waals surface area contributed by atoms with Crippen molar-refractivity contribution in [2.75, 3.05) is 23.8 Å². The number of methoxy groups -OCH3 is 1. The van der Waals surface area contributed by atoms with Gasteiger partial charge in [-0.2, -0.15) is 0 Å². The normalized spacial score (nSPS) is 11.1. The van der Waals surface area contributed by atoms with E-state index >= 15 is 0 Å². The van der Waals surface area contributed by atoms with Crippen LogP contribution in [0.3, 0.4) is 0 Å². The first-order valence-electron chi connectivity index (χ1n) is 8.14. The fourth-order valence-electron chi connectivity index (χ4n) is 2.43. The van der Waals surface area contributed by atoms with Crippen LogP contribution in [-0.4, -0.2) is 33.6 Å². The second-order valence-corrected chi connectivity index (χ2v) is 8.67. The number of aromatic hydroxyl groups is 1. The maximum Gasteiger partial charge on any atom is 0.265 e. The molecular weight excluding hydrogens is 400 g/mol. The lowest BCUT2D eigenvalue weighted by Crippen LogP contribution is -2.26. The number of thiophene rings is 1. The molecule has 28 heavy (non-hydrogen) atoms. The summed E-state index contributed by atoms with van der Waals surface area (Å²) in [6.45, 7) is 0. The van der Waals surface area contributed by atoms with Crippen LogP contribution in [-0.2, 0) is 10.0 Å². The van der Waals surface area contributed by atoms with Gasteiger partial charge in [-0.3, -0.25) is 9.10 Å². The third kappa shape index (κ3) is 3.95. The summed E-state index contributed by atoms with van der Waals surface area (Å²) in [5, 5.41) is 13.7. The predicted octanol–water partition coefficient (Wildman–Crippen LogP) is 3.54. The number of para-hydroxylation sites is 2. The summed E-state index contributed by atoms with van der Waals surface area (Å²) in [7, 11) is -0.860. The van der Waals surface area contributed by atoms with E-state index in [1.54, 1.807) is 42.5 Å². The first kappa shape index (κ1) is 19.7. The van der Waals surface area contributed by atoms with E-state index in [4.69, 9.17) is 4.74 Å². The molecule has 7 nitrogen and oxygen atoms in total. The zero-order valence-corrected chi connectivity index (χ0v) is 16.8. The van der Waals surface area contributed by atoms with Gasteiger partial charge in [0.05, 0.1) is 28.3 Å². The molecule has 0 saturated heterocycles. The van der Waals surface area contributed by atoms with Crippen molar-refractivity contribution in [1.29, 1.82) is 0 Å². The molecule has 9 heteroatoms. The molecule has 0 saturated carbocycles. The smallest absolute Gasteiger partial charge is 0.265 e. The molecule has 0 aliphatic carbocycles. The second kappa shape index (κ2) is 7.91. The number of hydrogen-bond donors (Lipinski definition) is 2. The quantitative estimate of drug-likeness (QED) is 0.597. The number of carbonyl (C=O) groups is 1. The van der Waals surface area contributed by atoms with E-state index in [9.17, 15) is 18.3 Å². The van der Waals surface area contributed by atoms with E-state index in [-0.39, 0.29) is 21.2 Å². The highest BCUT2D eigenvalue weighted by atomic mass is 32.2. The van der Waals surface area contributed by atoms with Gasteiger partial charge < -0.3 is 15.2 Å². The highest BCUT2D eigenvalue weighted by Gasteiger charge is 2.24. The van der Waals surface area contributed by atoms with E-state index < -0.39 is 15.9 Å². The molecule has 3 rings (SSSR count). The lowest BCUT2D eigenvalue weighted by molar-refractivity contribution is 0.103. The van der Waals surface area contributed by atoms with Crippen molar-refractivity contribution in [3.63, 3.8) is 0 Å². The molecule has 3 aromatic rings. The van der Waals surface area contributed by atoms with E-state index in [1.165, 1.54) is 31.7 Å². The molecule has 1 heterocycles. The van der Waals surface area contributed by atoms with Gasteiger partial charge in [-0.05, 0) is 42.5 Å². The van der Waals surface area contributed by atoms with Gasteiger partial charge in [-0.15, -0.1) is 11.3 Å². The number of phenolic OH excluding ortho intramolecular Hbond substituents is 1. The summed E-state index contributed by atoms with van der Waals surface area (Å²) in [4.78, 5) is 12.6. The van der Waals surface area contributed by atoms with Gasteiger partial charge in [-0.1, -0.05) is 12.1 Å². The summed E-state index contributed by atoms with van der Waals surface area (Å²) < 4.78 is 31.9. The standard InChI is InChI=1S/C19H18N2O5S2/c1-21(13-7-9-14(26-2)10-8-13)28(24,25)15-11-18(27-12-15)19(23)20-16-5-3-4-6-17(16)22/h3-12,22H,1-2H3,(H,20,23). The van der Waals surface area contributed by atoms with Crippen LogP contribution < -0.4 is 14.4 Å². The molecule has 1 aromatic heterocycles. The van der Waals surface area contributed by atoms with Crippen molar-refractivity contribution in [1.82, 2.24) is 0 Å². The molecule has 0 aliphatic rings. The van der Waals surface area contributed by atoms with Crippen molar-refractivity contribution < 1.29 is 23.1 Å². The van der Waals surface area contributed by atoms with Gasteiger partial charge in [0.2, 0.25) is 0 Å². The molecule has 0 unspecified atom stereocenters. The number of hydrogen-bond acceptors (Lipinski definition) is 6. The van der Waals surface area contributed by atoms with E-state index in [2.05, 4.69) is 5.32 Å². The average Bonchev–Trinajstić information content (AvgIpc) is 3.20. The molecule has 0 atom stereocenters. The van der Waals surface area contributed by atoms with E-state index in [0.29, 0.717) is 11.4 Å². The predicted molar refractivity (Wildman–Crippen MR) is 109 cm³/mol. The van der Waals surface area contributed by atoms with E-state index in [0.717, 1.165) is 15.6 Å². The van der Waals surface area contributed by atoms with E-state index in [1.807, 2.05) is 0 Å². The Morgan fingerprint density at radius 2 is 1.82 bits per heavy atom. The van der Waals surface area contributed by atoms with Crippen molar-refractivity contribution in [2.45, 2.75) is 4.90 Å². The minimum Gasteiger partial charge on any atom is -0.506 e. The number of anilines is 2. The third-order valence-corrected chi connectivity index (χ3v) is 6.89. The number of amides is 1. The topological polar surface area (TPSA) is 95.9 Å². The van der Waals surface area contributed by atoms with Crippen LogP contribution in [0.15, 0.2) is 64.9 Å². The number of phenols is 1. The minimum atomic E-state index is -3.83. The summed E-state index contributed by atoms with van der Waals surface area (Å²) in [6, 6.07) is 14.2. The summed E-state index contributed by atoms with van der Waals surface area (Å²) >= 11 is 1.01. The largest absolute Gasteiger partial charge is 0.506 e. The maximum atomic E-state index is 12.9. The first-order chi connectivity index (χ1) is 13.3. The first-order valence-corrected chi connectivity index (χ1v) is 10.5. The van der Waals surface area contributed by atoms with Crippen LogP contribution in [0.2, 0.25) is 0 Å². The molecule has 0 radical (unpaired) electrons. The minimum absolute atomic E-state index is 0.0123. The maximum absolute atomic E-state index is 12.9. The molecular formula is C19H18N2O5S2. The monoisotopic (exact) mass is 418 g/mol. The van der Waals surface area contributed by atoms with Crippen molar-refractivity contribution >= 4 is 38.6 Å². The highest BCUT2D eigenvalue weighted by Crippen LogP contribution is 2.28. The van der Waals surface area contributed by atoms with Crippen LogP contribution in [0.4, 0.5) is 11.4 Å².